The Morgan fingerprint density at radius 3 is 3.00 bits per heavy atom. The van der Waals surface area contributed by atoms with Crippen LogP contribution in [0.2, 0.25) is 0 Å². The molecule has 1 heterocycles. The fraction of sp³-hybridized carbons (Fsp3) is 0.727. The Morgan fingerprint density at radius 2 is 2.47 bits per heavy atom. The van der Waals surface area contributed by atoms with Crippen molar-refractivity contribution in [2.45, 2.75) is 44.4 Å². The lowest BCUT2D eigenvalue weighted by Crippen LogP contribution is -2.40. The monoisotopic (exact) mass is 210 g/mol. The molecule has 1 fully saturated rings. The van der Waals surface area contributed by atoms with Crippen molar-refractivity contribution < 1.29 is 9.53 Å². The fourth-order valence-electron chi connectivity index (χ4n) is 1.64. The standard InChI is InChI=1S/C11H18N2O2/c1-3-4-8(2)13-11(14)10-6-5-9(7-12)15-10/h1,8-10H,4-7,12H2,2H3,(H,13,14). The van der Waals surface area contributed by atoms with E-state index in [1.807, 2.05) is 6.92 Å². The van der Waals surface area contributed by atoms with E-state index in [1.165, 1.54) is 0 Å². The molecule has 0 spiro atoms. The molecule has 0 bridgehead atoms. The van der Waals surface area contributed by atoms with Crippen molar-refractivity contribution in [2.75, 3.05) is 6.54 Å². The van der Waals surface area contributed by atoms with Gasteiger partial charge in [-0.25, -0.2) is 0 Å². The van der Waals surface area contributed by atoms with E-state index in [0.29, 0.717) is 13.0 Å². The molecule has 3 N–H and O–H groups in total. The van der Waals surface area contributed by atoms with E-state index >= 15 is 0 Å². The van der Waals surface area contributed by atoms with Crippen LogP contribution in [0.5, 0.6) is 0 Å². The molecule has 0 radical (unpaired) electrons. The molecule has 4 heteroatoms. The molecule has 1 amide bonds. The first kappa shape index (κ1) is 12.0. The van der Waals surface area contributed by atoms with Crippen molar-refractivity contribution in [3.05, 3.63) is 0 Å². The Kier molecular flexibility index (Phi) is 4.60. The highest BCUT2D eigenvalue weighted by Crippen LogP contribution is 2.18. The summed E-state index contributed by atoms with van der Waals surface area (Å²) in [6, 6.07) is 0.00280. The number of nitrogens with one attached hydrogen (secondary N) is 1. The van der Waals surface area contributed by atoms with Gasteiger partial charge in [-0.05, 0) is 19.8 Å². The number of carbonyl (C=O) groups excluding carboxylic acids is 1. The van der Waals surface area contributed by atoms with E-state index in [9.17, 15) is 4.79 Å². The summed E-state index contributed by atoms with van der Waals surface area (Å²) in [5.74, 6) is 2.43. The summed E-state index contributed by atoms with van der Waals surface area (Å²) in [4.78, 5) is 11.6. The molecule has 0 saturated carbocycles. The molecule has 1 aliphatic heterocycles. The molecule has 0 aromatic heterocycles. The summed E-state index contributed by atoms with van der Waals surface area (Å²) in [5.41, 5.74) is 5.46. The van der Waals surface area contributed by atoms with Gasteiger partial charge in [-0.15, -0.1) is 12.3 Å². The first-order valence-corrected chi connectivity index (χ1v) is 5.26. The highest BCUT2D eigenvalue weighted by Gasteiger charge is 2.30. The van der Waals surface area contributed by atoms with Crippen LogP contribution in [0.25, 0.3) is 0 Å². The molecule has 84 valence electrons. The zero-order valence-corrected chi connectivity index (χ0v) is 9.03. The Morgan fingerprint density at radius 1 is 1.73 bits per heavy atom. The van der Waals surface area contributed by atoms with Crippen LogP contribution in [-0.2, 0) is 9.53 Å². The normalized spacial score (nSPS) is 27.0. The molecule has 0 aromatic rings. The molecular weight excluding hydrogens is 192 g/mol. The minimum Gasteiger partial charge on any atom is -0.364 e. The number of ether oxygens (including phenoxy) is 1. The molecule has 1 saturated heterocycles. The minimum absolute atomic E-state index is 0.00280. The summed E-state index contributed by atoms with van der Waals surface area (Å²) in [6.45, 7) is 2.36. The van der Waals surface area contributed by atoms with Gasteiger partial charge in [0.25, 0.3) is 0 Å². The molecule has 3 atom stereocenters. The second-order valence-corrected chi connectivity index (χ2v) is 3.88. The zero-order chi connectivity index (χ0) is 11.3. The van der Waals surface area contributed by atoms with E-state index in [2.05, 4.69) is 11.2 Å². The van der Waals surface area contributed by atoms with Crippen molar-refractivity contribution in [1.29, 1.82) is 0 Å². The van der Waals surface area contributed by atoms with Crippen LogP contribution in [0.1, 0.15) is 26.2 Å². The third-order valence-corrected chi connectivity index (χ3v) is 2.48. The molecular formula is C11H18N2O2. The van der Waals surface area contributed by atoms with Gasteiger partial charge in [0.2, 0.25) is 5.91 Å². The molecule has 1 aliphatic rings. The number of hydrogen-bond acceptors (Lipinski definition) is 3. The molecule has 1 rings (SSSR count). The lowest BCUT2D eigenvalue weighted by molar-refractivity contribution is -0.132. The Hall–Kier alpha value is -1.05. The van der Waals surface area contributed by atoms with Crippen molar-refractivity contribution >= 4 is 5.91 Å². The second kappa shape index (κ2) is 5.74. The van der Waals surface area contributed by atoms with Crippen LogP contribution in [0.4, 0.5) is 0 Å². The largest absolute Gasteiger partial charge is 0.364 e. The van der Waals surface area contributed by atoms with Gasteiger partial charge >= 0.3 is 0 Å². The number of rotatable bonds is 4. The van der Waals surface area contributed by atoms with Crippen LogP contribution in [0, 0.1) is 12.3 Å². The zero-order valence-electron chi connectivity index (χ0n) is 9.03. The van der Waals surface area contributed by atoms with E-state index in [-0.39, 0.29) is 24.2 Å². The first-order valence-electron chi connectivity index (χ1n) is 5.26. The van der Waals surface area contributed by atoms with Gasteiger partial charge in [0.1, 0.15) is 6.10 Å². The summed E-state index contributed by atoms with van der Waals surface area (Å²) in [7, 11) is 0. The minimum atomic E-state index is -0.348. The van der Waals surface area contributed by atoms with Crippen LogP contribution in [0.15, 0.2) is 0 Å². The van der Waals surface area contributed by atoms with E-state index in [0.717, 1.165) is 12.8 Å². The summed E-state index contributed by atoms with van der Waals surface area (Å²) in [5, 5.41) is 2.82. The number of carbonyl (C=O) groups is 1. The molecule has 0 aromatic carbocycles. The third-order valence-electron chi connectivity index (χ3n) is 2.48. The molecule has 3 unspecified atom stereocenters. The van der Waals surface area contributed by atoms with Gasteiger partial charge in [0, 0.05) is 19.0 Å². The topological polar surface area (TPSA) is 64.4 Å². The average Bonchev–Trinajstić information content (AvgIpc) is 2.66. The van der Waals surface area contributed by atoms with Crippen LogP contribution < -0.4 is 11.1 Å². The van der Waals surface area contributed by atoms with Crippen LogP contribution in [-0.4, -0.2) is 30.7 Å². The van der Waals surface area contributed by atoms with Gasteiger partial charge in [-0.3, -0.25) is 4.79 Å². The van der Waals surface area contributed by atoms with Gasteiger partial charge in [-0.2, -0.15) is 0 Å². The van der Waals surface area contributed by atoms with Gasteiger partial charge in [0.05, 0.1) is 6.10 Å². The fourth-order valence-corrected chi connectivity index (χ4v) is 1.64. The number of terminal acetylenes is 1. The van der Waals surface area contributed by atoms with Crippen molar-refractivity contribution in [2.24, 2.45) is 5.73 Å². The lowest BCUT2D eigenvalue weighted by atomic mass is 10.1. The van der Waals surface area contributed by atoms with Crippen molar-refractivity contribution in [1.82, 2.24) is 5.32 Å². The lowest BCUT2D eigenvalue weighted by Gasteiger charge is -2.15. The van der Waals surface area contributed by atoms with E-state index < -0.39 is 0 Å². The SMILES string of the molecule is C#CCC(C)NC(=O)C1CCC(CN)O1. The van der Waals surface area contributed by atoms with Crippen molar-refractivity contribution in [3.63, 3.8) is 0 Å². The quantitative estimate of drug-likeness (QED) is 0.643. The second-order valence-electron chi connectivity index (χ2n) is 3.88. The average molecular weight is 210 g/mol. The van der Waals surface area contributed by atoms with E-state index in [4.69, 9.17) is 16.9 Å². The number of amides is 1. The number of hydrogen-bond donors (Lipinski definition) is 2. The highest BCUT2D eigenvalue weighted by atomic mass is 16.5. The predicted octanol–water partition coefficient (Wildman–Crippen LogP) is 0.0207. The molecule has 0 aliphatic carbocycles. The summed E-state index contributed by atoms with van der Waals surface area (Å²) in [6.07, 6.45) is 6.98. The smallest absolute Gasteiger partial charge is 0.249 e. The van der Waals surface area contributed by atoms with E-state index in [1.54, 1.807) is 0 Å². The van der Waals surface area contributed by atoms with Gasteiger partial charge in [0.15, 0.2) is 0 Å². The maximum absolute atomic E-state index is 11.6. The van der Waals surface area contributed by atoms with Gasteiger partial charge < -0.3 is 15.8 Å². The third kappa shape index (κ3) is 3.54. The van der Waals surface area contributed by atoms with Crippen LogP contribution >= 0.6 is 0 Å². The maximum atomic E-state index is 11.6. The number of nitrogens with two attached hydrogens (primary N) is 1. The molecule has 15 heavy (non-hydrogen) atoms. The van der Waals surface area contributed by atoms with Crippen LogP contribution in [0.3, 0.4) is 0 Å². The predicted molar refractivity (Wildman–Crippen MR) is 58.0 cm³/mol. The first-order chi connectivity index (χ1) is 7.17. The molecule has 4 nitrogen and oxygen atoms in total. The Balaban J connectivity index is 2.32. The summed E-state index contributed by atoms with van der Waals surface area (Å²) < 4.78 is 5.46. The Bertz CT molecular complexity index is 260. The maximum Gasteiger partial charge on any atom is 0.249 e. The van der Waals surface area contributed by atoms with Crippen molar-refractivity contribution in [3.8, 4) is 12.3 Å². The van der Waals surface area contributed by atoms with Gasteiger partial charge in [-0.1, -0.05) is 0 Å². The Labute approximate surface area is 90.5 Å². The highest BCUT2D eigenvalue weighted by molar-refractivity contribution is 5.81. The summed E-state index contributed by atoms with van der Waals surface area (Å²) >= 11 is 0.